The largest absolute Gasteiger partial charge is 0.480 e. The Morgan fingerprint density at radius 2 is 1.74 bits per heavy atom. The van der Waals surface area contributed by atoms with Crippen molar-refractivity contribution in [1.82, 2.24) is 5.32 Å². The molecule has 1 atom stereocenters. The van der Waals surface area contributed by atoms with Crippen LogP contribution in [0, 0.1) is 5.92 Å². The van der Waals surface area contributed by atoms with Crippen LogP contribution in [-0.4, -0.2) is 37.9 Å². The highest BCUT2D eigenvalue weighted by molar-refractivity contribution is 6.74. The van der Waals surface area contributed by atoms with Crippen molar-refractivity contribution in [1.29, 1.82) is 0 Å². The predicted octanol–water partition coefficient (Wildman–Crippen LogP) is 2.23. The number of nitrogens with one attached hydrogen (secondary N) is 1. The minimum atomic E-state index is -1.98. The van der Waals surface area contributed by atoms with Crippen molar-refractivity contribution >= 4 is 20.2 Å². The lowest BCUT2D eigenvalue weighted by Crippen LogP contribution is -2.48. The molecule has 0 bridgehead atoms. The van der Waals surface area contributed by atoms with Crippen LogP contribution in [0.3, 0.4) is 0 Å². The molecule has 0 fully saturated rings. The van der Waals surface area contributed by atoms with E-state index in [0.29, 0.717) is 0 Å². The number of carbonyl (C=O) groups is 2. The summed E-state index contributed by atoms with van der Waals surface area (Å²) in [6, 6.07) is -0.865. The maximum Gasteiger partial charge on any atom is 0.326 e. The number of rotatable bonds is 6. The molecule has 0 saturated heterocycles. The minimum absolute atomic E-state index is 0.0253. The van der Waals surface area contributed by atoms with Crippen LogP contribution in [0.2, 0.25) is 18.1 Å². The fourth-order valence-corrected chi connectivity index (χ4v) is 2.12. The van der Waals surface area contributed by atoms with Gasteiger partial charge in [-0.2, -0.15) is 0 Å². The predicted molar refractivity (Wildman–Crippen MR) is 77.6 cm³/mol. The van der Waals surface area contributed by atoms with Gasteiger partial charge in [-0.3, -0.25) is 4.79 Å². The number of carbonyl (C=O) groups excluding carboxylic acids is 1. The van der Waals surface area contributed by atoms with Crippen LogP contribution in [0.15, 0.2) is 0 Å². The Labute approximate surface area is 116 Å². The van der Waals surface area contributed by atoms with Crippen molar-refractivity contribution in [2.24, 2.45) is 5.92 Å². The molecule has 112 valence electrons. The van der Waals surface area contributed by atoms with E-state index in [-0.39, 0.29) is 23.5 Å². The molecule has 0 aromatic rings. The van der Waals surface area contributed by atoms with Gasteiger partial charge in [0.05, 0.1) is 0 Å². The molecule has 6 heteroatoms. The normalized spacial score (nSPS) is 14.3. The van der Waals surface area contributed by atoms with Crippen LogP contribution in [0.1, 0.15) is 34.6 Å². The van der Waals surface area contributed by atoms with E-state index >= 15 is 0 Å². The summed E-state index contributed by atoms with van der Waals surface area (Å²) in [5.41, 5.74) is 0. The SMILES string of the molecule is CC(C)[C@H](NC(=O)CO[Si](C)(C)C(C)(C)C)C(=O)O. The van der Waals surface area contributed by atoms with Crippen LogP contribution in [0.5, 0.6) is 0 Å². The van der Waals surface area contributed by atoms with Gasteiger partial charge in [-0.15, -0.1) is 0 Å². The lowest BCUT2D eigenvalue weighted by molar-refractivity contribution is -0.143. The van der Waals surface area contributed by atoms with E-state index in [9.17, 15) is 9.59 Å². The van der Waals surface area contributed by atoms with Crippen LogP contribution >= 0.6 is 0 Å². The molecular weight excluding hydrogens is 262 g/mol. The molecule has 2 N–H and O–H groups in total. The van der Waals surface area contributed by atoms with E-state index in [1.165, 1.54) is 0 Å². The molecule has 0 heterocycles. The average Bonchev–Trinajstić information content (AvgIpc) is 2.20. The second-order valence-corrected chi connectivity index (χ2v) is 11.5. The topological polar surface area (TPSA) is 75.6 Å². The highest BCUT2D eigenvalue weighted by Crippen LogP contribution is 2.36. The molecule has 0 aromatic carbocycles. The van der Waals surface area contributed by atoms with Crippen LogP contribution < -0.4 is 5.32 Å². The smallest absolute Gasteiger partial charge is 0.326 e. The van der Waals surface area contributed by atoms with Crippen molar-refractivity contribution in [3.8, 4) is 0 Å². The summed E-state index contributed by atoms with van der Waals surface area (Å²) in [5, 5.41) is 11.5. The Morgan fingerprint density at radius 3 is 2.05 bits per heavy atom. The minimum Gasteiger partial charge on any atom is -0.480 e. The van der Waals surface area contributed by atoms with Crippen molar-refractivity contribution in [2.45, 2.75) is 58.8 Å². The number of hydrogen-bond acceptors (Lipinski definition) is 3. The van der Waals surface area contributed by atoms with E-state index < -0.39 is 20.3 Å². The molecule has 0 radical (unpaired) electrons. The van der Waals surface area contributed by atoms with Gasteiger partial charge in [0.2, 0.25) is 5.91 Å². The molecule has 19 heavy (non-hydrogen) atoms. The number of amides is 1. The Balaban J connectivity index is 4.45. The van der Waals surface area contributed by atoms with Crippen molar-refractivity contribution in [3.63, 3.8) is 0 Å². The zero-order chi connectivity index (χ0) is 15.4. The highest BCUT2D eigenvalue weighted by Gasteiger charge is 2.37. The first kappa shape index (κ1) is 18.1. The summed E-state index contributed by atoms with van der Waals surface area (Å²) >= 11 is 0. The first-order valence-electron chi connectivity index (χ1n) is 6.54. The Kier molecular flexibility index (Phi) is 6.22. The number of carboxylic acid groups (broad SMARTS) is 1. The number of aliphatic carboxylic acids is 1. The van der Waals surface area contributed by atoms with Crippen molar-refractivity contribution < 1.29 is 19.1 Å². The van der Waals surface area contributed by atoms with Gasteiger partial charge in [-0.05, 0) is 24.1 Å². The first-order chi connectivity index (χ1) is 8.38. The summed E-state index contributed by atoms with van der Waals surface area (Å²) in [5.74, 6) is -1.55. The van der Waals surface area contributed by atoms with Gasteiger partial charge in [0.25, 0.3) is 0 Å². The summed E-state index contributed by atoms with van der Waals surface area (Å²) < 4.78 is 5.75. The second-order valence-electron chi connectivity index (χ2n) is 6.68. The van der Waals surface area contributed by atoms with E-state index in [2.05, 4.69) is 39.2 Å². The van der Waals surface area contributed by atoms with Gasteiger partial charge < -0.3 is 14.8 Å². The Hall–Kier alpha value is -0.883. The summed E-state index contributed by atoms with van der Waals surface area (Å²) in [4.78, 5) is 22.7. The standard InChI is InChI=1S/C13H27NO4Si/c1-9(2)11(12(16)17)14-10(15)8-18-19(6,7)13(3,4)5/h9,11H,8H2,1-7H3,(H,14,15)(H,16,17)/t11-/m0/s1. The molecule has 0 saturated carbocycles. The molecule has 0 unspecified atom stereocenters. The first-order valence-corrected chi connectivity index (χ1v) is 9.45. The third-order valence-corrected chi connectivity index (χ3v) is 8.10. The monoisotopic (exact) mass is 289 g/mol. The molecule has 0 aliphatic rings. The number of hydrogen-bond donors (Lipinski definition) is 2. The van der Waals surface area contributed by atoms with Gasteiger partial charge in [-0.25, -0.2) is 4.79 Å². The third-order valence-electron chi connectivity index (χ3n) is 3.62. The van der Waals surface area contributed by atoms with E-state index in [1.807, 2.05) is 0 Å². The third kappa shape index (κ3) is 5.73. The summed E-state index contributed by atoms with van der Waals surface area (Å²) in [6.45, 7) is 13.8. The lowest BCUT2D eigenvalue weighted by Gasteiger charge is -2.36. The van der Waals surface area contributed by atoms with Crippen LogP contribution in [0.25, 0.3) is 0 Å². The zero-order valence-electron chi connectivity index (χ0n) is 13.0. The second kappa shape index (κ2) is 6.52. The molecule has 0 aliphatic heterocycles. The molecule has 5 nitrogen and oxygen atoms in total. The zero-order valence-corrected chi connectivity index (χ0v) is 14.0. The molecule has 1 amide bonds. The van der Waals surface area contributed by atoms with Gasteiger partial charge in [0.15, 0.2) is 8.32 Å². The van der Waals surface area contributed by atoms with Crippen molar-refractivity contribution in [3.05, 3.63) is 0 Å². The highest BCUT2D eigenvalue weighted by atomic mass is 28.4. The molecule has 0 aromatic heterocycles. The van der Waals surface area contributed by atoms with Crippen molar-refractivity contribution in [2.75, 3.05) is 6.61 Å². The van der Waals surface area contributed by atoms with Gasteiger partial charge >= 0.3 is 5.97 Å². The van der Waals surface area contributed by atoms with E-state index in [1.54, 1.807) is 13.8 Å². The van der Waals surface area contributed by atoms with Gasteiger partial charge in [0, 0.05) is 0 Å². The maximum atomic E-state index is 11.8. The lowest BCUT2D eigenvalue weighted by atomic mass is 10.1. The summed E-state index contributed by atoms with van der Waals surface area (Å²) in [6.07, 6.45) is 0. The Bertz CT molecular complexity index is 334. The van der Waals surface area contributed by atoms with E-state index in [4.69, 9.17) is 9.53 Å². The molecule has 0 spiro atoms. The fourth-order valence-electron chi connectivity index (χ4n) is 1.19. The Morgan fingerprint density at radius 1 is 1.26 bits per heavy atom. The summed E-state index contributed by atoms with van der Waals surface area (Å²) in [7, 11) is -1.98. The molecular formula is C13H27NO4Si. The fraction of sp³-hybridized carbons (Fsp3) is 0.846. The van der Waals surface area contributed by atoms with E-state index in [0.717, 1.165) is 0 Å². The molecule has 0 aliphatic carbocycles. The quantitative estimate of drug-likeness (QED) is 0.735. The van der Waals surface area contributed by atoms with Gasteiger partial charge in [0.1, 0.15) is 12.6 Å². The van der Waals surface area contributed by atoms with Gasteiger partial charge in [-0.1, -0.05) is 34.6 Å². The number of carboxylic acids is 1. The maximum absolute atomic E-state index is 11.8. The van der Waals surface area contributed by atoms with Crippen LogP contribution in [-0.2, 0) is 14.0 Å². The average molecular weight is 289 g/mol. The van der Waals surface area contributed by atoms with Crippen LogP contribution in [0.4, 0.5) is 0 Å². The molecule has 0 rings (SSSR count).